The molecule has 0 saturated carbocycles. The molecule has 1 fully saturated rings. The molecule has 1 aromatic rings. The van der Waals surface area contributed by atoms with Crippen LogP contribution in [0.2, 0.25) is 0 Å². The van der Waals surface area contributed by atoms with E-state index in [0.717, 1.165) is 66.8 Å². The van der Waals surface area contributed by atoms with Crippen LogP contribution in [0.15, 0.2) is 17.1 Å². The number of phosphoric ester groups is 2. The smallest absolute Gasteiger partial charge is 0.351 e. The van der Waals surface area contributed by atoms with Crippen molar-refractivity contribution in [3.63, 3.8) is 0 Å². The molecule has 412 valence electrons. The summed E-state index contributed by atoms with van der Waals surface area (Å²) in [5.41, 5.74) is 4.63. The lowest BCUT2D eigenvalue weighted by atomic mass is 9.91. The maximum Gasteiger partial charge on any atom is 0.351 e. The van der Waals surface area contributed by atoms with Crippen molar-refractivity contribution in [3.05, 3.63) is 22.7 Å². The SMILES string of the molecule is CC(C)CCC[C@@H](C)CCC[C@@H](C)CCC[C@@H](C)CCOC[C@@H](COP(=O)([O-])OP(=O)([O-])OC[C@H]1O[C@@H](n2ccc(N)nc2=O)[C@H](O)[C@@H]1O)OCC[C@H](C)CCC[C@H](C)CCC[C@H](C)CCCC(C)C. The van der Waals surface area contributed by atoms with E-state index in [4.69, 9.17) is 29.0 Å². The highest BCUT2D eigenvalue weighted by Crippen LogP contribution is 2.56. The zero-order valence-electron chi connectivity index (χ0n) is 45.1. The van der Waals surface area contributed by atoms with Gasteiger partial charge in [0.15, 0.2) is 6.23 Å². The summed E-state index contributed by atoms with van der Waals surface area (Å²) in [5.74, 6) is 5.25. The van der Waals surface area contributed by atoms with Crippen LogP contribution in [-0.4, -0.2) is 77.2 Å². The zero-order chi connectivity index (χ0) is 52.3. The fourth-order valence-corrected chi connectivity index (χ4v) is 11.2. The molecule has 1 aliphatic rings. The molecule has 70 heavy (non-hydrogen) atoms. The minimum absolute atomic E-state index is 0.0282. The molecule has 0 radical (unpaired) electrons. The molecule has 2 unspecified atom stereocenters. The molecule has 2 rings (SSSR count). The van der Waals surface area contributed by atoms with Gasteiger partial charge in [-0.05, 0) is 66.3 Å². The highest BCUT2D eigenvalue weighted by Gasteiger charge is 2.45. The third-order valence-electron chi connectivity index (χ3n) is 14.0. The second-order valence-corrected chi connectivity index (χ2v) is 25.3. The van der Waals surface area contributed by atoms with Gasteiger partial charge in [-0.2, -0.15) is 4.98 Å². The van der Waals surface area contributed by atoms with Gasteiger partial charge in [-0.15, -0.1) is 0 Å². The van der Waals surface area contributed by atoms with E-state index in [0.29, 0.717) is 36.9 Å². The van der Waals surface area contributed by atoms with Gasteiger partial charge in [0.25, 0.3) is 15.6 Å². The molecule has 2 heterocycles. The summed E-state index contributed by atoms with van der Waals surface area (Å²) in [4.78, 5) is 41.4. The van der Waals surface area contributed by atoms with Gasteiger partial charge in [0.1, 0.15) is 30.2 Å². The first-order valence-corrected chi connectivity index (χ1v) is 30.1. The fraction of sp³-hybridized carbons (Fsp3) is 0.923. The van der Waals surface area contributed by atoms with Crippen LogP contribution in [0.1, 0.15) is 204 Å². The predicted octanol–water partition coefficient (Wildman–Crippen LogP) is 10.8. The standard InChI is InChI=1S/C52H101N3O13P2/c1-38(2)17-11-19-40(5)21-13-23-42(7)25-15-27-44(9)30-33-63-35-46(64-34-31-45(10)28-16-26-43(8)24-14-22-41(6)20-12-18-39(3)4)36-65-69(59,60)68-70(61,62)66-37-47-49(56)50(57)51(67-47)55-32-29-48(53)54-52(55)58/h29,32,38-47,49-51,56-57H,11-28,30-31,33-37H2,1-10H3,(H,59,60)(H,61,62)(H2,53,54,58)/p-2/t40-,41-,42-,43-,44-,45-,46+,47-,49-,50-,51-/m1/s1. The molecule has 1 aromatic heterocycles. The summed E-state index contributed by atoms with van der Waals surface area (Å²) < 4.78 is 58.1. The third-order valence-corrected chi connectivity index (χ3v) is 16.6. The topological polar surface area (TPSA) is 237 Å². The van der Waals surface area contributed by atoms with Crippen LogP contribution in [-0.2, 0) is 36.7 Å². The number of rotatable bonds is 42. The molecule has 0 aromatic carbocycles. The van der Waals surface area contributed by atoms with Crippen molar-refractivity contribution in [1.29, 1.82) is 0 Å². The largest absolute Gasteiger partial charge is 0.756 e. The molecule has 4 N–H and O–H groups in total. The van der Waals surface area contributed by atoms with Gasteiger partial charge in [0.2, 0.25) is 0 Å². The van der Waals surface area contributed by atoms with Gasteiger partial charge in [-0.3, -0.25) is 13.7 Å². The number of nitrogen functional groups attached to an aromatic ring is 1. The third kappa shape index (κ3) is 29.6. The normalized spacial score (nSPS) is 22.4. The van der Waals surface area contributed by atoms with Gasteiger partial charge < -0.3 is 49.0 Å². The average Bonchev–Trinajstić information content (AvgIpc) is 3.54. The van der Waals surface area contributed by atoms with Gasteiger partial charge in [0.05, 0.1) is 19.8 Å². The number of aliphatic hydroxyl groups is 2. The Hall–Kier alpha value is -1.26. The van der Waals surface area contributed by atoms with Crippen LogP contribution in [0.25, 0.3) is 0 Å². The highest BCUT2D eigenvalue weighted by atomic mass is 31.3. The Balaban J connectivity index is 1.85. The molecule has 0 aliphatic carbocycles. The second-order valence-electron chi connectivity index (χ2n) is 22.3. The van der Waals surface area contributed by atoms with Crippen molar-refractivity contribution >= 4 is 21.5 Å². The summed E-state index contributed by atoms with van der Waals surface area (Å²) in [6.07, 6.45) is 18.0. The fourth-order valence-electron chi connectivity index (χ4n) is 9.18. The van der Waals surface area contributed by atoms with Crippen molar-refractivity contribution < 1.29 is 56.7 Å². The van der Waals surface area contributed by atoms with Crippen LogP contribution in [0.5, 0.6) is 0 Å². The van der Waals surface area contributed by atoms with Gasteiger partial charge in [-0.1, -0.05) is 185 Å². The maximum atomic E-state index is 12.9. The quantitative estimate of drug-likeness (QED) is 0.0408. The van der Waals surface area contributed by atoms with E-state index in [1.807, 2.05) is 0 Å². The van der Waals surface area contributed by atoms with E-state index in [1.54, 1.807) is 0 Å². The number of hydrogen-bond acceptors (Lipinski definition) is 15. The Morgan fingerprint density at radius 1 is 0.629 bits per heavy atom. The number of nitrogens with two attached hydrogens (primary N) is 1. The molecule has 0 spiro atoms. The first-order valence-electron chi connectivity index (χ1n) is 27.1. The highest BCUT2D eigenvalue weighted by molar-refractivity contribution is 7.59. The summed E-state index contributed by atoms with van der Waals surface area (Å²) in [5, 5.41) is 21.0. The van der Waals surface area contributed by atoms with Crippen molar-refractivity contribution in [2.45, 2.75) is 228 Å². The van der Waals surface area contributed by atoms with Crippen molar-refractivity contribution in [2.75, 3.05) is 38.8 Å². The molecule has 13 atom stereocenters. The Morgan fingerprint density at radius 3 is 1.49 bits per heavy atom. The van der Waals surface area contributed by atoms with Crippen LogP contribution in [0.3, 0.4) is 0 Å². The number of phosphoric acid groups is 2. The first kappa shape index (κ1) is 64.9. The van der Waals surface area contributed by atoms with Crippen LogP contribution < -0.4 is 21.2 Å². The summed E-state index contributed by atoms with van der Waals surface area (Å²) in [6.45, 7) is 22.3. The molecular formula is C52H99N3O13P2-2. The summed E-state index contributed by atoms with van der Waals surface area (Å²) >= 11 is 0. The van der Waals surface area contributed by atoms with Crippen molar-refractivity contribution in [2.24, 2.45) is 47.3 Å². The average molecular weight is 1040 g/mol. The van der Waals surface area contributed by atoms with Crippen molar-refractivity contribution in [1.82, 2.24) is 9.55 Å². The Kier molecular flexibility index (Phi) is 32.5. The number of aliphatic hydroxyl groups excluding tert-OH is 2. The van der Waals surface area contributed by atoms with Gasteiger partial charge in [-0.25, -0.2) is 9.11 Å². The lowest BCUT2D eigenvalue weighted by molar-refractivity contribution is -0.246. The number of nitrogens with zero attached hydrogens (tertiary/aromatic N) is 2. The molecule has 1 aliphatic heterocycles. The number of anilines is 1. The van der Waals surface area contributed by atoms with E-state index in [1.165, 1.54) is 102 Å². The predicted molar refractivity (Wildman–Crippen MR) is 275 cm³/mol. The van der Waals surface area contributed by atoms with E-state index in [2.05, 4.69) is 78.5 Å². The molecular weight excluding hydrogens is 937 g/mol. The number of ether oxygens (including phenoxy) is 3. The minimum Gasteiger partial charge on any atom is -0.756 e. The Bertz CT molecular complexity index is 1670. The van der Waals surface area contributed by atoms with E-state index in [-0.39, 0.29) is 12.4 Å². The van der Waals surface area contributed by atoms with Crippen LogP contribution in [0, 0.1) is 47.3 Å². The van der Waals surface area contributed by atoms with E-state index >= 15 is 0 Å². The Labute approximate surface area is 423 Å². The molecule has 1 saturated heterocycles. The van der Waals surface area contributed by atoms with E-state index < -0.39 is 65.2 Å². The number of hydrogen-bond donors (Lipinski definition) is 3. The molecule has 0 amide bonds. The molecule has 18 heteroatoms. The first-order chi connectivity index (χ1) is 33.0. The molecule has 0 bridgehead atoms. The maximum absolute atomic E-state index is 12.9. The lowest BCUT2D eigenvalue weighted by Crippen LogP contribution is -2.36. The van der Waals surface area contributed by atoms with Gasteiger partial charge in [0, 0.05) is 19.4 Å². The molecule has 16 nitrogen and oxygen atoms in total. The Morgan fingerprint density at radius 2 is 1.04 bits per heavy atom. The second kappa shape index (κ2) is 35.1. The minimum atomic E-state index is -5.61. The zero-order valence-corrected chi connectivity index (χ0v) is 46.9. The monoisotopic (exact) mass is 1040 g/mol. The van der Waals surface area contributed by atoms with Crippen LogP contribution >= 0.6 is 15.6 Å². The van der Waals surface area contributed by atoms with Crippen molar-refractivity contribution in [3.8, 4) is 0 Å². The summed E-state index contributed by atoms with van der Waals surface area (Å²) in [7, 11) is -11.1. The number of aromatic nitrogens is 2. The lowest BCUT2D eigenvalue weighted by Gasteiger charge is -2.32. The van der Waals surface area contributed by atoms with E-state index in [9.17, 15) is 33.9 Å². The van der Waals surface area contributed by atoms with Crippen LogP contribution in [0.4, 0.5) is 5.82 Å². The van der Waals surface area contributed by atoms with Gasteiger partial charge >= 0.3 is 5.69 Å². The summed E-state index contributed by atoms with van der Waals surface area (Å²) in [6, 6.07) is 1.27.